The molecule has 2 aliphatic heterocycles. The Morgan fingerprint density at radius 3 is 2.61 bits per heavy atom. The van der Waals surface area contributed by atoms with Crippen LogP contribution in [0.5, 0.6) is 0 Å². The topological polar surface area (TPSA) is 87.8 Å². The fraction of sp³-hybridized carbons (Fsp3) is 0.739. The van der Waals surface area contributed by atoms with E-state index in [1.54, 1.807) is 18.7 Å². The number of hydrogen-bond donors (Lipinski definition) is 1. The smallest absolute Gasteiger partial charge is 0.264 e. The molecule has 4 atom stereocenters. The number of piperidine rings is 1. The van der Waals surface area contributed by atoms with Crippen molar-refractivity contribution in [3.63, 3.8) is 0 Å². The number of carbonyl (C=O) groups is 2. The highest BCUT2D eigenvalue weighted by Gasteiger charge is 2.46. The van der Waals surface area contributed by atoms with Crippen molar-refractivity contribution < 1.29 is 14.1 Å². The van der Waals surface area contributed by atoms with E-state index in [0.29, 0.717) is 42.1 Å². The quantitative estimate of drug-likeness (QED) is 0.762. The number of carbonyl (C=O) groups excluding carboxylic acids is 2. The first-order chi connectivity index (χ1) is 14.8. The second kappa shape index (κ2) is 7.94. The van der Waals surface area contributed by atoms with Gasteiger partial charge in [-0.1, -0.05) is 23.3 Å². The second-order valence-electron chi connectivity index (χ2n) is 10.1. The molecule has 2 unspecified atom stereocenters. The molecule has 2 saturated carbocycles. The van der Waals surface area contributed by atoms with Gasteiger partial charge in [0.2, 0.25) is 0 Å². The van der Waals surface area contributed by atoms with Gasteiger partial charge in [-0.25, -0.2) is 0 Å². The summed E-state index contributed by atoms with van der Waals surface area (Å²) in [5, 5.41) is 8.34. The molecule has 2 amide bonds. The van der Waals surface area contributed by atoms with Gasteiger partial charge in [0.1, 0.15) is 16.1 Å². The number of nitrogens with one attached hydrogen (secondary N) is 1. The van der Waals surface area contributed by atoms with Gasteiger partial charge < -0.3 is 14.7 Å². The largest absolute Gasteiger partial charge is 0.361 e. The van der Waals surface area contributed by atoms with Crippen molar-refractivity contribution in [1.82, 2.24) is 15.4 Å². The van der Waals surface area contributed by atoms with Crippen LogP contribution in [-0.4, -0.2) is 50.9 Å². The third kappa shape index (κ3) is 3.92. The van der Waals surface area contributed by atoms with Gasteiger partial charge in [-0.3, -0.25) is 9.59 Å². The Bertz CT molecular complexity index is 900. The second-order valence-corrected chi connectivity index (χ2v) is 11.6. The predicted octanol–water partition coefficient (Wildman–Crippen LogP) is 3.70. The van der Waals surface area contributed by atoms with Crippen molar-refractivity contribution in [3.8, 4) is 0 Å². The van der Waals surface area contributed by atoms with Crippen LogP contribution < -0.4 is 5.32 Å². The molecule has 3 heterocycles. The Hall–Kier alpha value is -1.83. The molecule has 1 N–H and O–H groups in total. The van der Waals surface area contributed by atoms with Crippen LogP contribution in [0.25, 0.3) is 0 Å². The van der Waals surface area contributed by atoms with Gasteiger partial charge in [0.15, 0.2) is 5.17 Å². The molecule has 0 radical (unpaired) electrons. The highest BCUT2D eigenvalue weighted by atomic mass is 32.2. The summed E-state index contributed by atoms with van der Waals surface area (Å²) < 4.78 is 4.67. The molecule has 7 nitrogen and oxygen atoms in total. The summed E-state index contributed by atoms with van der Waals surface area (Å²) in [6.45, 7) is 7.05. The molecule has 4 aliphatic rings. The zero-order valence-corrected chi connectivity index (χ0v) is 19.5. The average Bonchev–Trinajstić information content (AvgIpc) is 3.48. The van der Waals surface area contributed by atoms with E-state index in [4.69, 9.17) is 4.52 Å². The summed E-state index contributed by atoms with van der Waals surface area (Å²) in [6.07, 6.45) is 7.89. The number of nitrogens with zero attached hydrogens (tertiary/aromatic N) is 3. The van der Waals surface area contributed by atoms with E-state index in [1.807, 2.05) is 18.7 Å². The van der Waals surface area contributed by atoms with Crippen molar-refractivity contribution in [2.24, 2.45) is 22.7 Å². The number of aryl methyl sites for hydroxylation is 2. The van der Waals surface area contributed by atoms with Gasteiger partial charge in [0.05, 0.1) is 5.69 Å². The molecule has 1 aromatic heterocycles. The molecule has 2 bridgehead atoms. The number of amides is 2. The van der Waals surface area contributed by atoms with Gasteiger partial charge >= 0.3 is 0 Å². The number of fused-ring (bicyclic) bond motifs is 2. The Balaban J connectivity index is 1.14. The lowest BCUT2D eigenvalue weighted by molar-refractivity contribution is -0.119. The number of thioether (sulfide) groups is 1. The monoisotopic (exact) mass is 444 g/mol. The highest BCUT2D eigenvalue weighted by Crippen LogP contribution is 2.46. The molecule has 2 aliphatic carbocycles. The fourth-order valence-corrected chi connectivity index (χ4v) is 7.32. The first-order valence-corrected chi connectivity index (χ1v) is 12.4. The first-order valence-electron chi connectivity index (χ1n) is 11.6. The van der Waals surface area contributed by atoms with Gasteiger partial charge in [0.25, 0.3) is 11.8 Å². The van der Waals surface area contributed by atoms with Crippen LogP contribution in [0.1, 0.15) is 73.7 Å². The Morgan fingerprint density at radius 1 is 1.23 bits per heavy atom. The Labute approximate surface area is 187 Å². The van der Waals surface area contributed by atoms with Crippen LogP contribution in [0, 0.1) is 31.6 Å². The lowest BCUT2D eigenvalue weighted by Gasteiger charge is -2.35. The SMILES string of the molecule is Cc1noc(C)c1C(=O)N1CCC(CC2(C)SC(N[C@H]3C[C@@H]4CCC3C4)=NC2=O)CC1. The van der Waals surface area contributed by atoms with Gasteiger partial charge in [-0.15, -0.1) is 0 Å². The van der Waals surface area contributed by atoms with E-state index in [-0.39, 0.29) is 11.8 Å². The molecule has 3 fully saturated rings. The zero-order chi connectivity index (χ0) is 21.8. The number of aromatic nitrogens is 1. The molecule has 5 rings (SSSR count). The minimum Gasteiger partial charge on any atom is -0.361 e. The summed E-state index contributed by atoms with van der Waals surface area (Å²) in [5.41, 5.74) is 1.24. The van der Waals surface area contributed by atoms with E-state index in [0.717, 1.165) is 36.3 Å². The minimum atomic E-state index is -0.488. The zero-order valence-electron chi connectivity index (χ0n) is 18.6. The Morgan fingerprint density at radius 2 is 2.00 bits per heavy atom. The molecule has 1 aromatic rings. The first kappa shape index (κ1) is 21.0. The maximum Gasteiger partial charge on any atom is 0.264 e. The standard InChI is InChI=1S/C23H32N4O3S/c1-13-19(14(2)30-26-13)20(28)27-8-6-15(7-9-27)12-23(3)21(29)25-22(31-23)24-18-11-16-4-5-17(18)10-16/h15-18H,4-12H2,1-3H3,(H,24,25,29)/t16-,17?,18+,23?/m1/s1. The maximum atomic E-state index is 12.9. The number of rotatable bonds is 4. The van der Waals surface area contributed by atoms with Crippen LogP contribution in [-0.2, 0) is 4.79 Å². The average molecular weight is 445 g/mol. The van der Waals surface area contributed by atoms with Gasteiger partial charge in [-0.05, 0) is 77.0 Å². The molecule has 1 saturated heterocycles. The highest BCUT2D eigenvalue weighted by molar-refractivity contribution is 8.16. The number of hydrogen-bond acceptors (Lipinski definition) is 6. The molecular weight excluding hydrogens is 412 g/mol. The summed E-state index contributed by atoms with van der Waals surface area (Å²) in [5.74, 6) is 2.64. The van der Waals surface area contributed by atoms with Crippen LogP contribution in [0.15, 0.2) is 9.52 Å². The molecule has 31 heavy (non-hydrogen) atoms. The van der Waals surface area contributed by atoms with Crippen LogP contribution in [0.4, 0.5) is 0 Å². The lowest BCUT2D eigenvalue weighted by atomic mass is 9.87. The summed E-state index contributed by atoms with van der Waals surface area (Å²) >= 11 is 1.63. The van der Waals surface area contributed by atoms with Crippen LogP contribution in [0.3, 0.4) is 0 Å². The van der Waals surface area contributed by atoms with E-state index in [1.165, 1.54) is 25.7 Å². The molecule has 0 aromatic carbocycles. The summed E-state index contributed by atoms with van der Waals surface area (Å²) in [6, 6.07) is 0.499. The molecule has 168 valence electrons. The third-order valence-electron chi connectivity index (χ3n) is 7.85. The predicted molar refractivity (Wildman–Crippen MR) is 120 cm³/mol. The third-order valence-corrected chi connectivity index (χ3v) is 9.05. The van der Waals surface area contributed by atoms with E-state index in [9.17, 15) is 9.59 Å². The van der Waals surface area contributed by atoms with Crippen LogP contribution in [0.2, 0.25) is 0 Å². The van der Waals surface area contributed by atoms with E-state index in [2.05, 4.69) is 15.5 Å². The van der Waals surface area contributed by atoms with Crippen molar-refractivity contribution in [2.75, 3.05) is 13.1 Å². The van der Waals surface area contributed by atoms with Crippen LogP contribution >= 0.6 is 11.8 Å². The van der Waals surface area contributed by atoms with Gasteiger partial charge in [-0.2, -0.15) is 4.99 Å². The van der Waals surface area contributed by atoms with Crippen molar-refractivity contribution in [1.29, 1.82) is 0 Å². The maximum absolute atomic E-state index is 12.9. The number of amidine groups is 1. The van der Waals surface area contributed by atoms with Crippen molar-refractivity contribution in [2.45, 2.75) is 76.5 Å². The Kier molecular flexibility index (Phi) is 5.39. The minimum absolute atomic E-state index is 0.00242. The molecular formula is C23H32N4O3S. The van der Waals surface area contributed by atoms with Crippen molar-refractivity contribution >= 4 is 28.7 Å². The lowest BCUT2D eigenvalue weighted by Crippen LogP contribution is -2.41. The normalized spacial score (nSPS) is 33.3. The fourth-order valence-electron chi connectivity index (χ4n) is 6.10. The van der Waals surface area contributed by atoms with Crippen molar-refractivity contribution in [3.05, 3.63) is 17.0 Å². The van der Waals surface area contributed by atoms with E-state index < -0.39 is 4.75 Å². The van der Waals surface area contributed by atoms with Gasteiger partial charge in [0, 0.05) is 19.1 Å². The number of aliphatic imine (C=N–C) groups is 1. The number of likely N-dealkylation sites (tertiary alicyclic amines) is 1. The summed E-state index contributed by atoms with van der Waals surface area (Å²) in [4.78, 5) is 32.0. The molecule has 0 spiro atoms. The summed E-state index contributed by atoms with van der Waals surface area (Å²) in [7, 11) is 0. The van der Waals surface area contributed by atoms with E-state index >= 15 is 0 Å². The molecule has 8 heteroatoms.